The van der Waals surface area contributed by atoms with E-state index in [1.165, 1.54) is 0 Å². The van der Waals surface area contributed by atoms with Crippen LogP contribution in [-0.2, 0) is 16.0 Å². The first-order valence-corrected chi connectivity index (χ1v) is 8.76. The van der Waals surface area contributed by atoms with Gasteiger partial charge in [0, 0.05) is 18.9 Å². The molecule has 1 heterocycles. The topological polar surface area (TPSA) is 73.2 Å². The summed E-state index contributed by atoms with van der Waals surface area (Å²) in [5.41, 5.74) is 2.36. The van der Waals surface area contributed by atoms with Crippen LogP contribution in [0.3, 0.4) is 0 Å². The molecule has 2 aromatic carbocycles. The second kappa shape index (κ2) is 8.80. The van der Waals surface area contributed by atoms with E-state index in [9.17, 15) is 9.59 Å². The second-order valence-corrected chi connectivity index (χ2v) is 6.07. The van der Waals surface area contributed by atoms with Crippen molar-refractivity contribution in [3.63, 3.8) is 0 Å². The van der Waals surface area contributed by atoms with Gasteiger partial charge in [-0.05, 0) is 49.2 Å². The highest BCUT2D eigenvalue weighted by atomic mass is 16.5. The molecule has 6 nitrogen and oxygen atoms in total. The molecule has 6 heteroatoms. The van der Waals surface area contributed by atoms with Crippen LogP contribution in [0.25, 0.3) is 5.69 Å². The first-order chi connectivity index (χ1) is 13.1. The summed E-state index contributed by atoms with van der Waals surface area (Å²) in [5.74, 6) is -0.847. The largest absolute Gasteiger partial charge is 0.449 e. The summed E-state index contributed by atoms with van der Waals surface area (Å²) < 4.78 is 6.95. The number of esters is 1. The summed E-state index contributed by atoms with van der Waals surface area (Å²) in [6, 6.07) is 18.5. The van der Waals surface area contributed by atoms with Crippen LogP contribution in [0, 0.1) is 0 Å². The number of aromatic nitrogens is 2. The molecule has 0 spiro atoms. The Morgan fingerprint density at radius 2 is 1.81 bits per heavy atom. The first-order valence-electron chi connectivity index (χ1n) is 8.76. The molecule has 3 aromatic rings. The van der Waals surface area contributed by atoms with E-state index < -0.39 is 12.1 Å². The van der Waals surface area contributed by atoms with Gasteiger partial charge in [0.05, 0.1) is 11.3 Å². The monoisotopic (exact) mass is 363 g/mol. The van der Waals surface area contributed by atoms with Crippen molar-refractivity contribution in [3.8, 4) is 5.69 Å². The lowest BCUT2D eigenvalue weighted by Gasteiger charge is -2.14. The van der Waals surface area contributed by atoms with Gasteiger partial charge in [-0.3, -0.25) is 4.79 Å². The Kier molecular flexibility index (Phi) is 5.99. The van der Waals surface area contributed by atoms with Gasteiger partial charge in [-0.15, -0.1) is 0 Å². The van der Waals surface area contributed by atoms with E-state index in [-0.39, 0.29) is 5.91 Å². The van der Waals surface area contributed by atoms with Crippen LogP contribution < -0.4 is 5.32 Å². The maximum absolute atomic E-state index is 12.2. The molecule has 0 bridgehead atoms. The molecule has 1 N–H and O–H groups in total. The third-order valence-corrected chi connectivity index (χ3v) is 4.08. The lowest BCUT2D eigenvalue weighted by Crippen LogP contribution is -2.36. The van der Waals surface area contributed by atoms with Crippen molar-refractivity contribution in [1.82, 2.24) is 15.1 Å². The summed E-state index contributed by atoms with van der Waals surface area (Å²) in [7, 11) is 0. The Labute approximate surface area is 157 Å². The number of rotatable bonds is 7. The molecule has 1 atom stereocenters. The van der Waals surface area contributed by atoms with Crippen molar-refractivity contribution in [2.24, 2.45) is 0 Å². The molecule has 138 valence electrons. The fourth-order valence-electron chi connectivity index (χ4n) is 2.57. The Hall–Kier alpha value is -3.41. The Morgan fingerprint density at radius 1 is 1.07 bits per heavy atom. The minimum absolute atomic E-state index is 0.313. The molecule has 0 saturated carbocycles. The van der Waals surface area contributed by atoms with Gasteiger partial charge in [0.1, 0.15) is 0 Å². The third-order valence-electron chi connectivity index (χ3n) is 4.08. The number of carbonyl (C=O) groups excluding carboxylic acids is 2. The SMILES string of the molecule is CC(OC(=O)c1ccc(-n2cccn2)cc1)C(=O)NCCc1ccccc1. The molecule has 1 unspecified atom stereocenters. The van der Waals surface area contributed by atoms with Gasteiger partial charge >= 0.3 is 5.97 Å². The molecule has 0 saturated heterocycles. The van der Waals surface area contributed by atoms with E-state index in [0.29, 0.717) is 12.1 Å². The van der Waals surface area contributed by atoms with E-state index in [2.05, 4.69) is 10.4 Å². The molecular formula is C21H21N3O3. The first kappa shape index (κ1) is 18.4. The quantitative estimate of drug-likeness (QED) is 0.655. The molecule has 0 radical (unpaired) electrons. The van der Waals surface area contributed by atoms with E-state index in [1.807, 2.05) is 42.6 Å². The van der Waals surface area contributed by atoms with Gasteiger partial charge in [0.2, 0.25) is 0 Å². The molecular weight excluding hydrogens is 342 g/mol. The maximum Gasteiger partial charge on any atom is 0.338 e. The Balaban J connectivity index is 1.48. The van der Waals surface area contributed by atoms with Crippen molar-refractivity contribution < 1.29 is 14.3 Å². The molecule has 0 aliphatic rings. The van der Waals surface area contributed by atoms with Crippen LogP contribution in [0.4, 0.5) is 0 Å². The molecule has 3 rings (SSSR count). The Morgan fingerprint density at radius 3 is 2.48 bits per heavy atom. The van der Waals surface area contributed by atoms with Crippen molar-refractivity contribution in [3.05, 3.63) is 84.2 Å². The van der Waals surface area contributed by atoms with E-state index >= 15 is 0 Å². The van der Waals surface area contributed by atoms with Crippen LogP contribution in [0.15, 0.2) is 73.1 Å². The zero-order chi connectivity index (χ0) is 19.1. The van der Waals surface area contributed by atoms with Crippen LogP contribution in [0.5, 0.6) is 0 Å². The summed E-state index contributed by atoms with van der Waals surface area (Å²) >= 11 is 0. The number of hydrogen-bond acceptors (Lipinski definition) is 4. The van der Waals surface area contributed by atoms with Gasteiger partial charge in [-0.2, -0.15) is 5.10 Å². The average Bonchev–Trinajstić information content (AvgIpc) is 3.23. The van der Waals surface area contributed by atoms with Crippen molar-refractivity contribution in [2.75, 3.05) is 6.54 Å². The van der Waals surface area contributed by atoms with Crippen LogP contribution in [-0.4, -0.2) is 34.3 Å². The van der Waals surface area contributed by atoms with Gasteiger partial charge in [0.15, 0.2) is 6.10 Å². The summed E-state index contributed by atoms with van der Waals surface area (Å²) in [5, 5.41) is 6.92. The van der Waals surface area contributed by atoms with E-state index in [4.69, 9.17) is 4.74 Å². The number of carbonyl (C=O) groups is 2. The van der Waals surface area contributed by atoms with Crippen LogP contribution >= 0.6 is 0 Å². The molecule has 0 aliphatic carbocycles. The van der Waals surface area contributed by atoms with Gasteiger partial charge in [-0.1, -0.05) is 30.3 Å². The zero-order valence-electron chi connectivity index (χ0n) is 15.0. The molecule has 1 aromatic heterocycles. The predicted molar refractivity (Wildman–Crippen MR) is 102 cm³/mol. The standard InChI is InChI=1S/C21H21N3O3/c1-16(20(25)22-14-12-17-6-3-2-4-7-17)27-21(26)18-8-10-19(11-9-18)24-15-5-13-23-24/h2-11,13,15-16H,12,14H2,1H3,(H,22,25). The molecule has 27 heavy (non-hydrogen) atoms. The van der Waals surface area contributed by atoms with Crippen LogP contribution in [0.2, 0.25) is 0 Å². The second-order valence-electron chi connectivity index (χ2n) is 6.07. The highest BCUT2D eigenvalue weighted by Gasteiger charge is 2.18. The smallest absolute Gasteiger partial charge is 0.338 e. The highest BCUT2D eigenvalue weighted by molar-refractivity contribution is 5.92. The van der Waals surface area contributed by atoms with Gasteiger partial charge < -0.3 is 10.1 Å². The Bertz CT molecular complexity index is 875. The lowest BCUT2D eigenvalue weighted by atomic mass is 10.1. The summed E-state index contributed by atoms with van der Waals surface area (Å²) in [4.78, 5) is 24.3. The summed E-state index contributed by atoms with van der Waals surface area (Å²) in [6.07, 6.45) is 3.36. The summed E-state index contributed by atoms with van der Waals surface area (Å²) in [6.45, 7) is 2.05. The number of nitrogens with zero attached hydrogens (tertiary/aromatic N) is 2. The normalized spacial score (nSPS) is 11.6. The van der Waals surface area contributed by atoms with E-state index in [1.54, 1.807) is 42.1 Å². The minimum atomic E-state index is -0.862. The number of ether oxygens (including phenoxy) is 1. The number of hydrogen-bond donors (Lipinski definition) is 1. The molecule has 0 aliphatic heterocycles. The van der Waals surface area contributed by atoms with Gasteiger partial charge in [0.25, 0.3) is 5.91 Å². The molecule has 1 amide bonds. The predicted octanol–water partition coefficient (Wildman–Crippen LogP) is 2.78. The maximum atomic E-state index is 12.2. The molecule has 0 fully saturated rings. The highest BCUT2D eigenvalue weighted by Crippen LogP contribution is 2.10. The number of nitrogens with one attached hydrogen (secondary N) is 1. The van der Waals surface area contributed by atoms with Crippen molar-refractivity contribution in [2.45, 2.75) is 19.4 Å². The van der Waals surface area contributed by atoms with Crippen molar-refractivity contribution in [1.29, 1.82) is 0 Å². The number of benzene rings is 2. The number of amides is 1. The third kappa shape index (κ3) is 5.04. The fraction of sp³-hybridized carbons (Fsp3) is 0.190. The zero-order valence-corrected chi connectivity index (χ0v) is 15.0. The minimum Gasteiger partial charge on any atom is -0.449 e. The van der Waals surface area contributed by atoms with E-state index in [0.717, 1.165) is 17.7 Å². The average molecular weight is 363 g/mol. The fourth-order valence-corrected chi connectivity index (χ4v) is 2.57. The lowest BCUT2D eigenvalue weighted by molar-refractivity contribution is -0.129. The van der Waals surface area contributed by atoms with Gasteiger partial charge in [-0.25, -0.2) is 9.48 Å². The van der Waals surface area contributed by atoms with Crippen LogP contribution in [0.1, 0.15) is 22.8 Å². The van der Waals surface area contributed by atoms with Crippen molar-refractivity contribution >= 4 is 11.9 Å².